The average molecular weight is 525 g/mol. The van der Waals surface area contributed by atoms with E-state index in [9.17, 15) is 4.79 Å². The van der Waals surface area contributed by atoms with E-state index < -0.39 is 0 Å². The Morgan fingerprint density at radius 3 is 2.64 bits per heavy atom. The summed E-state index contributed by atoms with van der Waals surface area (Å²) in [4.78, 5) is 21.9. The summed E-state index contributed by atoms with van der Waals surface area (Å²) in [6, 6.07) is 10.0. The Hall–Kier alpha value is -4.06. The molecule has 0 bridgehead atoms. The van der Waals surface area contributed by atoms with Gasteiger partial charge in [-0.3, -0.25) is 14.0 Å². The number of pyridine rings is 1. The smallest absolute Gasteiger partial charge is 0.259 e. The summed E-state index contributed by atoms with van der Waals surface area (Å²) < 4.78 is 8.57. The third kappa shape index (κ3) is 4.71. The molecule has 0 aliphatic heterocycles. The van der Waals surface area contributed by atoms with Crippen molar-refractivity contribution in [2.45, 2.75) is 6.54 Å². The average Bonchev–Trinajstić information content (AvgIpc) is 3.30. The third-order valence-electron chi connectivity index (χ3n) is 5.22. The van der Waals surface area contributed by atoms with Gasteiger partial charge in [-0.25, -0.2) is 4.98 Å². The summed E-state index contributed by atoms with van der Waals surface area (Å²) in [5.41, 5.74) is 0.931. The van der Waals surface area contributed by atoms with Crippen molar-refractivity contribution in [1.82, 2.24) is 34.5 Å². The molecule has 5 rings (SSSR count). The topological polar surface area (TPSA) is 133 Å². The second kappa shape index (κ2) is 9.90. The number of aliphatic hydroxyl groups is 1. The zero-order chi connectivity index (χ0) is 25.2. The van der Waals surface area contributed by atoms with Crippen molar-refractivity contribution in [3.8, 4) is 22.8 Å². The van der Waals surface area contributed by atoms with Crippen molar-refractivity contribution in [2.75, 3.05) is 11.9 Å². The van der Waals surface area contributed by atoms with Gasteiger partial charge in [0.05, 0.1) is 41.2 Å². The summed E-state index contributed by atoms with van der Waals surface area (Å²) in [5.74, 6) is 1.34. The molecule has 11 nitrogen and oxygen atoms in total. The molecule has 36 heavy (non-hydrogen) atoms. The molecular weight excluding hydrogens is 507 g/mol. The summed E-state index contributed by atoms with van der Waals surface area (Å²) in [5, 5.41) is 25.5. The summed E-state index contributed by atoms with van der Waals surface area (Å²) in [6.45, 7) is 0.341. The van der Waals surface area contributed by atoms with Gasteiger partial charge in [0.25, 0.3) is 5.56 Å². The Morgan fingerprint density at radius 1 is 1.11 bits per heavy atom. The molecule has 0 radical (unpaired) electrons. The first-order valence-corrected chi connectivity index (χ1v) is 11.4. The molecule has 0 aliphatic rings. The van der Waals surface area contributed by atoms with Crippen molar-refractivity contribution in [3.05, 3.63) is 75.4 Å². The number of aliphatic hydroxyl groups excluding tert-OH is 1. The minimum Gasteiger partial charge on any atom is -0.434 e. The minimum atomic E-state index is -0.300. The van der Waals surface area contributed by atoms with Crippen LogP contribution in [0.1, 0.15) is 0 Å². The second-order valence-corrected chi connectivity index (χ2v) is 8.45. The van der Waals surface area contributed by atoms with Gasteiger partial charge in [-0.15, -0.1) is 10.2 Å². The fourth-order valence-electron chi connectivity index (χ4n) is 3.54. The largest absolute Gasteiger partial charge is 0.434 e. The number of hydrogen-bond donors (Lipinski definition) is 2. The standard InChI is InChI=1S/C23H18Cl2N8O3/c1-32-21-13(9-15(22(32)35)20-16(24)3-2-4-17(20)25)10-26-23(29-21)28-18-5-6-19(31-30-18)36-14-11-27-33(12-14)7-8-34/h2-6,9-12,34H,7-8H2,1H3,(H,26,28,29,30). The van der Waals surface area contributed by atoms with Gasteiger partial charge in [-0.05, 0) is 24.3 Å². The van der Waals surface area contributed by atoms with Crippen LogP contribution in [0.3, 0.4) is 0 Å². The molecule has 182 valence electrons. The van der Waals surface area contributed by atoms with Gasteiger partial charge in [-0.1, -0.05) is 29.3 Å². The number of nitrogens with zero attached hydrogens (tertiary/aromatic N) is 7. The van der Waals surface area contributed by atoms with Crippen LogP contribution in [0.25, 0.3) is 22.2 Å². The molecule has 0 atom stereocenters. The van der Waals surface area contributed by atoms with Crippen LogP contribution >= 0.6 is 23.2 Å². The molecular formula is C23H18Cl2N8O3. The zero-order valence-electron chi connectivity index (χ0n) is 18.8. The van der Waals surface area contributed by atoms with Crippen molar-refractivity contribution < 1.29 is 9.84 Å². The number of rotatable bonds is 7. The van der Waals surface area contributed by atoms with Gasteiger partial charge >= 0.3 is 0 Å². The van der Waals surface area contributed by atoms with Crippen LogP contribution < -0.4 is 15.6 Å². The van der Waals surface area contributed by atoms with Gasteiger partial charge in [0, 0.05) is 30.3 Å². The first-order valence-electron chi connectivity index (χ1n) is 10.7. The molecule has 4 aromatic heterocycles. The zero-order valence-corrected chi connectivity index (χ0v) is 20.3. The Labute approximate surface area is 213 Å². The number of aryl methyl sites for hydroxylation is 1. The number of hydrogen-bond acceptors (Lipinski definition) is 9. The maximum absolute atomic E-state index is 13.1. The van der Waals surface area contributed by atoms with E-state index in [1.807, 2.05) is 0 Å². The third-order valence-corrected chi connectivity index (χ3v) is 5.85. The van der Waals surface area contributed by atoms with E-state index in [2.05, 4.69) is 30.6 Å². The maximum Gasteiger partial charge on any atom is 0.259 e. The Bertz CT molecular complexity index is 1600. The monoisotopic (exact) mass is 524 g/mol. The number of halogens is 2. The molecule has 0 saturated heterocycles. The van der Waals surface area contributed by atoms with Gasteiger partial charge in [0.15, 0.2) is 11.6 Å². The number of ether oxygens (including phenoxy) is 1. The highest BCUT2D eigenvalue weighted by molar-refractivity contribution is 6.39. The predicted molar refractivity (Wildman–Crippen MR) is 135 cm³/mol. The molecule has 0 fully saturated rings. The highest BCUT2D eigenvalue weighted by Gasteiger charge is 2.16. The van der Waals surface area contributed by atoms with Crippen molar-refractivity contribution in [3.63, 3.8) is 0 Å². The van der Waals surface area contributed by atoms with Crippen LogP contribution in [0, 0.1) is 0 Å². The number of nitrogens with one attached hydrogen (secondary N) is 1. The van der Waals surface area contributed by atoms with E-state index in [1.54, 1.807) is 60.5 Å². The van der Waals surface area contributed by atoms with E-state index in [0.29, 0.717) is 50.3 Å². The van der Waals surface area contributed by atoms with Crippen LogP contribution in [0.5, 0.6) is 11.6 Å². The molecule has 0 unspecified atom stereocenters. The number of anilines is 2. The van der Waals surface area contributed by atoms with Crippen LogP contribution in [0.2, 0.25) is 10.0 Å². The van der Waals surface area contributed by atoms with Gasteiger partial charge < -0.3 is 15.2 Å². The van der Waals surface area contributed by atoms with E-state index in [4.69, 9.17) is 33.0 Å². The highest BCUT2D eigenvalue weighted by atomic mass is 35.5. The molecule has 4 heterocycles. The van der Waals surface area contributed by atoms with Gasteiger partial charge in [-0.2, -0.15) is 10.1 Å². The van der Waals surface area contributed by atoms with E-state index in [-0.39, 0.29) is 24.0 Å². The van der Waals surface area contributed by atoms with Crippen LogP contribution in [0.4, 0.5) is 11.8 Å². The lowest BCUT2D eigenvalue weighted by Crippen LogP contribution is -2.20. The van der Waals surface area contributed by atoms with Crippen molar-refractivity contribution in [2.24, 2.45) is 7.05 Å². The highest BCUT2D eigenvalue weighted by Crippen LogP contribution is 2.33. The molecule has 1 aromatic carbocycles. The van der Waals surface area contributed by atoms with Crippen molar-refractivity contribution in [1.29, 1.82) is 0 Å². The van der Waals surface area contributed by atoms with Gasteiger partial charge in [0.1, 0.15) is 5.65 Å². The van der Waals surface area contributed by atoms with Gasteiger partial charge in [0.2, 0.25) is 11.8 Å². The van der Waals surface area contributed by atoms with E-state index >= 15 is 0 Å². The lowest BCUT2D eigenvalue weighted by molar-refractivity contribution is 0.269. The molecule has 2 N–H and O–H groups in total. The van der Waals surface area contributed by atoms with E-state index in [1.165, 1.54) is 10.8 Å². The summed E-state index contributed by atoms with van der Waals surface area (Å²) in [7, 11) is 1.62. The van der Waals surface area contributed by atoms with Crippen LogP contribution in [-0.4, -0.2) is 46.2 Å². The first kappa shape index (κ1) is 23.7. The Morgan fingerprint density at radius 2 is 1.92 bits per heavy atom. The molecule has 13 heteroatoms. The van der Waals surface area contributed by atoms with Crippen LogP contribution in [0.15, 0.2) is 59.8 Å². The summed E-state index contributed by atoms with van der Waals surface area (Å²) >= 11 is 12.6. The number of fused-ring (bicyclic) bond motifs is 1. The molecule has 0 aliphatic carbocycles. The van der Waals surface area contributed by atoms with Crippen molar-refractivity contribution >= 4 is 46.0 Å². The first-order chi connectivity index (χ1) is 17.4. The van der Waals surface area contributed by atoms with E-state index in [0.717, 1.165) is 0 Å². The lowest BCUT2D eigenvalue weighted by atomic mass is 10.1. The summed E-state index contributed by atoms with van der Waals surface area (Å²) in [6.07, 6.45) is 4.75. The molecule has 0 saturated carbocycles. The number of benzene rings is 1. The normalized spacial score (nSPS) is 11.1. The molecule has 0 amide bonds. The minimum absolute atomic E-state index is 0.0246. The molecule has 0 spiro atoms. The Balaban J connectivity index is 1.38. The SMILES string of the molecule is Cn1c(=O)c(-c2c(Cl)cccc2Cl)cc2cnc(Nc3ccc(Oc4cnn(CCO)c4)nn3)nc21. The Kier molecular flexibility index (Phi) is 6.51. The fraction of sp³-hybridized carbons (Fsp3) is 0.130. The quantitative estimate of drug-likeness (QED) is 0.325. The number of aromatic nitrogens is 7. The maximum atomic E-state index is 13.1. The lowest BCUT2D eigenvalue weighted by Gasteiger charge is -2.12. The predicted octanol–water partition coefficient (Wildman–Crippen LogP) is 3.82. The molecule has 5 aromatic rings. The van der Waals surface area contributed by atoms with Crippen LogP contribution in [-0.2, 0) is 13.6 Å². The second-order valence-electron chi connectivity index (χ2n) is 7.64. The fourth-order valence-corrected chi connectivity index (χ4v) is 4.14.